The molecule has 1 aromatic carbocycles. The van der Waals surface area contributed by atoms with Crippen LogP contribution in [0.15, 0.2) is 24.3 Å². The van der Waals surface area contributed by atoms with E-state index in [1.807, 2.05) is 7.05 Å². The highest BCUT2D eigenvalue weighted by molar-refractivity contribution is 5.29. The van der Waals surface area contributed by atoms with E-state index in [9.17, 15) is 0 Å². The van der Waals surface area contributed by atoms with Crippen LogP contribution < -0.4 is 10.1 Å². The highest BCUT2D eigenvalue weighted by Gasteiger charge is 2.51. The topological polar surface area (TPSA) is 21.3 Å². The van der Waals surface area contributed by atoms with Crippen LogP contribution in [0.3, 0.4) is 0 Å². The average molecular weight is 261 g/mol. The van der Waals surface area contributed by atoms with Crippen molar-refractivity contribution in [2.45, 2.75) is 58.6 Å². The predicted molar refractivity (Wildman–Crippen MR) is 80.8 cm³/mol. The van der Waals surface area contributed by atoms with Crippen molar-refractivity contribution < 1.29 is 4.74 Å². The predicted octanol–water partition coefficient (Wildman–Crippen LogP) is 3.97. The Morgan fingerprint density at radius 2 is 1.95 bits per heavy atom. The van der Waals surface area contributed by atoms with Gasteiger partial charge in [0.25, 0.3) is 0 Å². The van der Waals surface area contributed by atoms with E-state index >= 15 is 0 Å². The van der Waals surface area contributed by atoms with Gasteiger partial charge in [-0.3, -0.25) is 0 Å². The highest BCUT2D eigenvalue weighted by atomic mass is 16.5. The van der Waals surface area contributed by atoms with Gasteiger partial charge in [0, 0.05) is 17.9 Å². The Balaban J connectivity index is 2.02. The zero-order valence-corrected chi connectivity index (χ0v) is 12.9. The molecule has 0 aromatic heterocycles. The molecule has 3 unspecified atom stereocenters. The van der Waals surface area contributed by atoms with Crippen molar-refractivity contribution in [3.8, 4) is 5.75 Å². The zero-order valence-electron chi connectivity index (χ0n) is 12.9. The lowest BCUT2D eigenvalue weighted by molar-refractivity contribution is -0.0677. The molecule has 0 bridgehead atoms. The lowest BCUT2D eigenvalue weighted by Gasteiger charge is -2.53. The SMILES string of the molecule is CCC1(C)C(NC)CC1Oc1ccc(C(C)C)cc1. The lowest BCUT2D eigenvalue weighted by atomic mass is 9.61. The highest BCUT2D eigenvalue weighted by Crippen LogP contribution is 2.45. The second-order valence-corrected chi connectivity index (χ2v) is 6.27. The van der Waals surface area contributed by atoms with Crippen molar-refractivity contribution in [1.29, 1.82) is 0 Å². The molecule has 2 nitrogen and oxygen atoms in total. The summed E-state index contributed by atoms with van der Waals surface area (Å²) < 4.78 is 6.18. The third-order valence-corrected chi connectivity index (χ3v) is 4.92. The first-order chi connectivity index (χ1) is 9.01. The fourth-order valence-corrected chi connectivity index (χ4v) is 3.02. The Morgan fingerprint density at radius 1 is 1.32 bits per heavy atom. The number of hydrogen-bond donors (Lipinski definition) is 1. The van der Waals surface area contributed by atoms with Crippen LogP contribution in [0, 0.1) is 5.41 Å². The van der Waals surface area contributed by atoms with Gasteiger partial charge in [-0.15, -0.1) is 0 Å². The van der Waals surface area contributed by atoms with E-state index < -0.39 is 0 Å². The molecule has 2 rings (SSSR count). The van der Waals surface area contributed by atoms with Crippen molar-refractivity contribution in [3.05, 3.63) is 29.8 Å². The minimum atomic E-state index is 0.255. The summed E-state index contributed by atoms with van der Waals surface area (Å²) in [5.74, 6) is 1.58. The normalized spacial score (nSPS) is 30.2. The molecule has 1 fully saturated rings. The maximum absolute atomic E-state index is 6.18. The fourth-order valence-electron chi connectivity index (χ4n) is 3.02. The fraction of sp³-hybridized carbons (Fsp3) is 0.647. The van der Waals surface area contributed by atoms with Gasteiger partial charge in [-0.2, -0.15) is 0 Å². The molecule has 0 amide bonds. The van der Waals surface area contributed by atoms with Crippen LogP contribution in [0.4, 0.5) is 0 Å². The second-order valence-electron chi connectivity index (χ2n) is 6.27. The smallest absolute Gasteiger partial charge is 0.119 e. The molecule has 1 aliphatic rings. The van der Waals surface area contributed by atoms with Crippen LogP contribution in [0.5, 0.6) is 5.75 Å². The Labute approximate surface area is 117 Å². The minimum absolute atomic E-state index is 0.255. The Morgan fingerprint density at radius 3 is 2.42 bits per heavy atom. The van der Waals surface area contributed by atoms with Gasteiger partial charge < -0.3 is 10.1 Å². The van der Waals surface area contributed by atoms with Crippen LogP contribution >= 0.6 is 0 Å². The van der Waals surface area contributed by atoms with Crippen LogP contribution in [-0.2, 0) is 0 Å². The van der Waals surface area contributed by atoms with Gasteiger partial charge in [-0.25, -0.2) is 0 Å². The standard InChI is InChI=1S/C17H27NO/c1-6-17(4)15(18-5)11-16(17)19-14-9-7-13(8-10-14)12(2)3/h7-10,12,15-16,18H,6,11H2,1-5H3. The van der Waals surface area contributed by atoms with Gasteiger partial charge in [0.05, 0.1) is 0 Å². The first-order valence-electron chi connectivity index (χ1n) is 7.45. The van der Waals surface area contributed by atoms with Crippen LogP contribution in [-0.4, -0.2) is 19.2 Å². The molecule has 0 saturated heterocycles. The first kappa shape index (κ1) is 14.4. The van der Waals surface area contributed by atoms with E-state index in [4.69, 9.17) is 4.74 Å². The molecule has 1 aromatic rings. The first-order valence-corrected chi connectivity index (χ1v) is 7.45. The van der Waals surface area contributed by atoms with Gasteiger partial charge >= 0.3 is 0 Å². The van der Waals surface area contributed by atoms with Crippen molar-refractivity contribution in [1.82, 2.24) is 5.32 Å². The van der Waals surface area contributed by atoms with Gasteiger partial charge in [0.2, 0.25) is 0 Å². The summed E-state index contributed by atoms with van der Waals surface area (Å²) in [7, 11) is 2.05. The average Bonchev–Trinajstić information content (AvgIpc) is 2.42. The lowest BCUT2D eigenvalue weighted by Crippen LogP contribution is -2.62. The van der Waals surface area contributed by atoms with Crippen molar-refractivity contribution in [2.24, 2.45) is 5.41 Å². The molecule has 0 heterocycles. The number of hydrogen-bond acceptors (Lipinski definition) is 2. The van der Waals surface area contributed by atoms with Gasteiger partial charge in [-0.1, -0.05) is 39.8 Å². The summed E-state index contributed by atoms with van der Waals surface area (Å²) in [5.41, 5.74) is 1.62. The molecule has 3 atom stereocenters. The number of nitrogens with one attached hydrogen (secondary N) is 1. The van der Waals surface area contributed by atoms with Gasteiger partial charge in [-0.05, 0) is 37.1 Å². The monoisotopic (exact) mass is 261 g/mol. The summed E-state index contributed by atoms with van der Waals surface area (Å²) in [6.45, 7) is 9.01. The largest absolute Gasteiger partial charge is 0.490 e. The summed E-state index contributed by atoms with van der Waals surface area (Å²) >= 11 is 0. The quantitative estimate of drug-likeness (QED) is 0.866. The Kier molecular flexibility index (Phi) is 4.19. The third-order valence-electron chi connectivity index (χ3n) is 4.92. The van der Waals surface area contributed by atoms with Crippen LogP contribution in [0.2, 0.25) is 0 Å². The summed E-state index contributed by atoms with van der Waals surface area (Å²) in [6, 6.07) is 9.16. The van der Waals surface area contributed by atoms with Gasteiger partial charge in [0.15, 0.2) is 0 Å². The van der Waals surface area contributed by atoms with E-state index in [-0.39, 0.29) is 5.41 Å². The molecule has 1 aliphatic carbocycles. The van der Waals surface area contributed by atoms with E-state index in [0.717, 1.165) is 18.6 Å². The zero-order chi connectivity index (χ0) is 14.0. The molecule has 0 radical (unpaired) electrons. The number of ether oxygens (including phenoxy) is 1. The molecule has 0 spiro atoms. The van der Waals surface area contributed by atoms with E-state index in [0.29, 0.717) is 18.1 Å². The van der Waals surface area contributed by atoms with Crippen LogP contribution in [0.1, 0.15) is 52.0 Å². The molecule has 106 valence electrons. The molecule has 0 aliphatic heterocycles. The van der Waals surface area contributed by atoms with Gasteiger partial charge in [0.1, 0.15) is 11.9 Å². The third kappa shape index (κ3) is 2.64. The maximum Gasteiger partial charge on any atom is 0.119 e. The van der Waals surface area contributed by atoms with E-state index in [2.05, 4.69) is 57.3 Å². The molecular weight excluding hydrogens is 234 g/mol. The molecule has 1 N–H and O–H groups in total. The van der Waals surface area contributed by atoms with E-state index in [1.54, 1.807) is 0 Å². The summed E-state index contributed by atoms with van der Waals surface area (Å²) in [5, 5.41) is 3.40. The summed E-state index contributed by atoms with van der Waals surface area (Å²) in [6.07, 6.45) is 2.58. The van der Waals surface area contributed by atoms with Crippen molar-refractivity contribution >= 4 is 0 Å². The van der Waals surface area contributed by atoms with E-state index in [1.165, 1.54) is 5.56 Å². The second kappa shape index (κ2) is 5.54. The summed E-state index contributed by atoms with van der Waals surface area (Å²) in [4.78, 5) is 0. The maximum atomic E-state index is 6.18. The molecular formula is C17H27NO. The molecule has 1 saturated carbocycles. The Hall–Kier alpha value is -1.02. The number of rotatable bonds is 5. The number of benzene rings is 1. The molecule has 19 heavy (non-hydrogen) atoms. The molecule has 2 heteroatoms. The van der Waals surface area contributed by atoms with Crippen LogP contribution in [0.25, 0.3) is 0 Å². The Bertz CT molecular complexity index is 412. The van der Waals surface area contributed by atoms with Crippen molar-refractivity contribution in [2.75, 3.05) is 7.05 Å². The van der Waals surface area contributed by atoms with Crippen molar-refractivity contribution in [3.63, 3.8) is 0 Å². The minimum Gasteiger partial charge on any atom is -0.490 e.